The lowest BCUT2D eigenvalue weighted by atomic mass is 10.1. The molecule has 0 saturated carbocycles. The second kappa shape index (κ2) is 7.19. The summed E-state index contributed by atoms with van der Waals surface area (Å²) in [5, 5.41) is 6.51. The number of nitrogens with one attached hydrogen (secondary N) is 3. The highest BCUT2D eigenvalue weighted by molar-refractivity contribution is 5.99. The van der Waals surface area contributed by atoms with Crippen molar-refractivity contribution in [2.75, 3.05) is 17.7 Å². The summed E-state index contributed by atoms with van der Waals surface area (Å²) in [6.45, 7) is 3.85. The molecule has 3 N–H and O–H groups in total. The van der Waals surface area contributed by atoms with E-state index in [4.69, 9.17) is 4.74 Å². The standard InChI is InChI=1S/C21H21N5O2/c1-13-7-9-16(10-8-13)23-20-24-19(15-5-4-6-17(12-15)28-3)26-18(27)11-14(2)22-21(26)25-20/h4-12,19H,1-3H3,(H2,22,23,24,25)/p+1/t19-/m0/s1. The Morgan fingerprint density at radius 1 is 1.14 bits per heavy atom. The Balaban J connectivity index is 1.79. The summed E-state index contributed by atoms with van der Waals surface area (Å²) < 4.78 is 6.95. The number of hydrogen-bond donors (Lipinski definition) is 3. The number of fused-ring (bicyclic) bond motifs is 1. The van der Waals surface area contributed by atoms with Crippen molar-refractivity contribution in [3.8, 4) is 5.75 Å². The van der Waals surface area contributed by atoms with E-state index >= 15 is 0 Å². The molecule has 2 aromatic carbocycles. The van der Waals surface area contributed by atoms with E-state index in [9.17, 15) is 4.79 Å². The normalized spacial score (nSPS) is 15.2. The van der Waals surface area contributed by atoms with Gasteiger partial charge in [-0.3, -0.25) is 9.79 Å². The maximum absolute atomic E-state index is 12.7. The predicted octanol–water partition coefficient (Wildman–Crippen LogP) is 1.39. The molecular formula is C21H22N5O2+. The van der Waals surface area contributed by atoms with Gasteiger partial charge in [-0.1, -0.05) is 29.8 Å². The van der Waals surface area contributed by atoms with Gasteiger partial charge in [0.05, 0.1) is 12.8 Å². The van der Waals surface area contributed by atoms with Crippen molar-refractivity contribution < 1.29 is 9.73 Å². The van der Waals surface area contributed by atoms with E-state index in [1.807, 2.05) is 55.5 Å². The van der Waals surface area contributed by atoms with Gasteiger partial charge >= 0.3 is 5.96 Å². The average molecular weight is 376 g/mol. The summed E-state index contributed by atoms with van der Waals surface area (Å²) in [5.41, 5.74) is 3.52. The quantitative estimate of drug-likeness (QED) is 0.644. The fourth-order valence-corrected chi connectivity index (χ4v) is 3.19. The van der Waals surface area contributed by atoms with E-state index in [-0.39, 0.29) is 5.56 Å². The van der Waals surface area contributed by atoms with Crippen LogP contribution in [-0.4, -0.2) is 22.6 Å². The van der Waals surface area contributed by atoms with E-state index in [2.05, 4.69) is 20.6 Å². The van der Waals surface area contributed by atoms with Crippen LogP contribution in [0, 0.1) is 13.8 Å². The van der Waals surface area contributed by atoms with Crippen LogP contribution in [0.5, 0.6) is 5.75 Å². The molecule has 1 atom stereocenters. The van der Waals surface area contributed by atoms with Gasteiger partial charge < -0.3 is 4.74 Å². The molecule has 7 heteroatoms. The molecule has 0 fully saturated rings. The fourth-order valence-electron chi connectivity index (χ4n) is 3.19. The third-order valence-electron chi connectivity index (χ3n) is 4.59. The van der Waals surface area contributed by atoms with Crippen LogP contribution in [0.4, 0.5) is 11.6 Å². The van der Waals surface area contributed by atoms with Crippen molar-refractivity contribution in [2.24, 2.45) is 0 Å². The van der Waals surface area contributed by atoms with Gasteiger partial charge in [-0.2, -0.15) is 0 Å². The molecule has 0 unspecified atom stereocenters. The highest BCUT2D eigenvalue weighted by atomic mass is 16.5. The van der Waals surface area contributed by atoms with Gasteiger partial charge in [0, 0.05) is 17.3 Å². The van der Waals surface area contributed by atoms with Gasteiger partial charge in [0.15, 0.2) is 6.17 Å². The lowest BCUT2D eigenvalue weighted by molar-refractivity contribution is -0.520. The second-order valence-electron chi connectivity index (χ2n) is 6.74. The first-order valence-electron chi connectivity index (χ1n) is 9.02. The van der Waals surface area contributed by atoms with Crippen LogP contribution in [-0.2, 0) is 0 Å². The monoisotopic (exact) mass is 376 g/mol. The summed E-state index contributed by atoms with van der Waals surface area (Å²) in [6.07, 6.45) is -0.431. The Bertz CT molecular complexity index is 1100. The number of guanidine groups is 1. The van der Waals surface area contributed by atoms with Crippen molar-refractivity contribution >= 4 is 17.6 Å². The summed E-state index contributed by atoms with van der Waals surface area (Å²) >= 11 is 0. The first-order valence-corrected chi connectivity index (χ1v) is 9.02. The Labute approximate surface area is 162 Å². The number of aromatic nitrogens is 2. The number of aryl methyl sites for hydroxylation is 2. The molecule has 1 aromatic heterocycles. The van der Waals surface area contributed by atoms with Gasteiger partial charge in [0.2, 0.25) is 0 Å². The van der Waals surface area contributed by atoms with E-state index < -0.39 is 6.17 Å². The Hall–Kier alpha value is -3.61. The van der Waals surface area contributed by atoms with E-state index in [1.54, 1.807) is 18.6 Å². The molecule has 1 aliphatic heterocycles. The van der Waals surface area contributed by atoms with Crippen LogP contribution in [0.25, 0.3) is 0 Å². The zero-order valence-corrected chi connectivity index (χ0v) is 16.0. The molecule has 0 aliphatic carbocycles. The highest BCUT2D eigenvalue weighted by Gasteiger charge is 2.29. The number of ether oxygens (including phenoxy) is 1. The number of nitrogens with zero attached hydrogens (tertiary/aromatic N) is 2. The second-order valence-corrected chi connectivity index (χ2v) is 6.74. The number of rotatable bonds is 3. The maximum Gasteiger partial charge on any atom is 0.357 e. The number of anilines is 2. The molecule has 142 valence electrons. The fraction of sp³-hybridized carbons (Fsp3) is 0.190. The van der Waals surface area contributed by atoms with Crippen LogP contribution in [0.3, 0.4) is 0 Å². The Morgan fingerprint density at radius 3 is 2.68 bits per heavy atom. The van der Waals surface area contributed by atoms with Gasteiger partial charge in [-0.05, 0) is 38.1 Å². The molecule has 0 radical (unpaired) electrons. The average Bonchev–Trinajstić information content (AvgIpc) is 2.69. The first-order chi connectivity index (χ1) is 13.5. The Morgan fingerprint density at radius 2 is 1.93 bits per heavy atom. The molecule has 0 amide bonds. The highest BCUT2D eigenvalue weighted by Crippen LogP contribution is 2.21. The molecule has 0 saturated heterocycles. The van der Waals surface area contributed by atoms with Crippen molar-refractivity contribution in [2.45, 2.75) is 20.0 Å². The van der Waals surface area contributed by atoms with Gasteiger partial charge in [0.1, 0.15) is 5.75 Å². The van der Waals surface area contributed by atoms with E-state index in [0.717, 1.165) is 17.0 Å². The van der Waals surface area contributed by atoms with Gasteiger partial charge in [-0.15, -0.1) is 0 Å². The maximum atomic E-state index is 12.7. The minimum Gasteiger partial charge on any atom is -0.497 e. The molecule has 1 aliphatic rings. The minimum absolute atomic E-state index is 0.135. The number of methoxy groups -OCH3 is 1. The summed E-state index contributed by atoms with van der Waals surface area (Å²) in [5.74, 6) is 1.85. The summed E-state index contributed by atoms with van der Waals surface area (Å²) in [6, 6.07) is 17.2. The topological polar surface area (TPSA) is 82.2 Å². The molecule has 3 aromatic rings. The minimum atomic E-state index is -0.431. The molecule has 2 heterocycles. The molecule has 4 rings (SSSR count). The lowest BCUT2D eigenvalue weighted by Gasteiger charge is -2.23. The molecule has 0 spiro atoms. The molecule has 7 nitrogen and oxygen atoms in total. The zero-order chi connectivity index (χ0) is 19.7. The van der Waals surface area contributed by atoms with Crippen molar-refractivity contribution in [1.82, 2.24) is 9.55 Å². The molecule has 0 bridgehead atoms. The van der Waals surface area contributed by atoms with Crippen LogP contribution in [0.1, 0.15) is 23.0 Å². The van der Waals surface area contributed by atoms with Crippen LogP contribution >= 0.6 is 0 Å². The van der Waals surface area contributed by atoms with Gasteiger partial charge in [0.25, 0.3) is 11.5 Å². The van der Waals surface area contributed by atoms with Crippen LogP contribution in [0.15, 0.2) is 59.4 Å². The zero-order valence-electron chi connectivity index (χ0n) is 16.0. The SMILES string of the molecule is COc1cccc([C@H]2[NH+]=C(Nc3ccc(C)cc3)Nc3nc(C)cc(=O)n32)c1. The van der Waals surface area contributed by atoms with Crippen molar-refractivity contribution in [1.29, 1.82) is 0 Å². The molecule has 28 heavy (non-hydrogen) atoms. The van der Waals surface area contributed by atoms with E-state index in [1.165, 1.54) is 11.6 Å². The number of hydrogen-bond acceptors (Lipinski definition) is 5. The van der Waals surface area contributed by atoms with Crippen molar-refractivity contribution in [3.63, 3.8) is 0 Å². The number of benzene rings is 2. The van der Waals surface area contributed by atoms with Crippen LogP contribution < -0.4 is 25.9 Å². The third kappa shape index (κ3) is 3.46. The lowest BCUT2D eigenvalue weighted by Crippen LogP contribution is -2.82. The predicted molar refractivity (Wildman–Crippen MR) is 109 cm³/mol. The van der Waals surface area contributed by atoms with Gasteiger partial charge in [-0.25, -0.2) is 20.2 Å². The third-order valence-corrected chi connectivity index (χ3v) is 4.59. The Kier molecular flexibility index (Phi) is 4.57. The van der Waals surface area contributed by atoms with E-state index in [0.29, 0.717) is 17.6 Å². The largest absolute Gasteiger partial charge is 0.497 e. The van der Waals surface area contributed by atoms with Crippen molar-refractivity contribution in [3.05, 3.63) is 81.8 Å². The smallest absolute Gasteiger partial charge is 0.357 e. The summed E-state index contributed by atoms with van der Waals surface area (Å²) in [4.78, 5) is 20.6. The first kappa shape index (κ1) is 17.8. The summed E-state index contributed by atoms with van der Waals surface area (Å²) in [7, 11) is 1.62. The molecular weight excluding hydrogens is 354 g/mol. The van der Waals surface area contributed by atoms with Crippen LogP contribution in [0.2, 0.25) is 0 Å².